The molecule has 3 rings (SSSR count). The summed E-state index contributed by atoms with van der Waals surface area (Å²) in [5, 5.41) is 4.16. The van der Waals surface area contributed by atoms with Crippen LogP contribution < -0.4 is 5.32 Å². The zero-order chi connectivity index (χ0) is 17.1. The molecule has 136 valence electrons. The van der Waals surface area contributed by atoms with E-state index < -0.39 is 0 Å². The number of halogens is 2. The van der Waals surface area contributed by atoms with Crippen molar-refractivity contribution in [1.82, 2.24) is 14.8 Å². The van der Waals surface area contributed by atoms with Crippen LogP contribution in [0.3, 0.4) is 0 Å². The Labute approximate surface area is 172 Å². The largest absolute Gasteiger partial charge is 0.357 e. The Balaban J connectivity index is 0.00000225. The molecule has 0 spiro atoms. The number of nitrogens with zero attached hydrogens (tertiary/aromatic N) is 3. The highest BCUT2D eigenvalue weighted by atomic mass is 127. The Morgan fingerprint density at radius 2 is 2.16 bits per heavy atom. The van der Waals surface area contributed by atoms with Gasteiger partial charge in [-0.15, -0.1) is 24.0 Å². The molecule has 1 aromatic carbocycles. The minimum Gasteiger partial charge on any atom is -0.357 e. The lowest BCUT2D eigenvalue weighted by Gasteiger charge is -2.29. The Hall–Kier alpha value is -1.21. The standard InChI is InChI=1S/C19H25ClN4.HI/c1-4-21-19(24(3)13-17-10-16(20)12-23(17)2)22-11-15-9-14-7-5-6-8-18(14)15;/h5-8,10,12,15H,4,9,11,13H2,1-3H3,(H,21,22);1H. The topological polar surface area (TPSA) is 32.6 Å². The van der Waals surface area contributed by atoms with Gasteiger partial charge in [0.15, 0.2) is 5.96 Å². The van der Waals surface area contributed by atoms with Gasteiger partial charge in [-0.05, 0) is 30.5 Å². The molecule has 6 heteroatoms. The van der Waals surface area contributed by atoms with Gasteiger partial charge >= 0.3 is 0 Å². The van der Waals surface area contributed by atoms with Crippen molar-refractivity contribution in [3.63, 3.8) is 0 Å². The van der Waals surface area contributed by atoms with E-state index >= 15 is 0 Å². The Morgan fingerprint density at radius 1 is 1.40 bits per heavy atom. The smallest absolute Gasteiger partial charge is 0.194 e. The fourth-order valence-corrected chi connectivity index (χ4v) is 3.51. The van der Waals surface area contributed by atoms with Crippen LogP contribution in [0.25, 0.3) is 0 Å². The summed E-state index contributed by atoms with van der Waals surface area (Å²) in [7, 11) is 4.08. The van der Waals surface area contributed by atoms with E-state index in [0.29, 0.717) is 5.92 Å². The van der Waals surface area contributed by atoms with Crippen LogP contribution in [0.4, 0.5) is 0 Å². The molecule has 0 radical (unpaired) electrons. The van der Waals surface area contributed by atoms with Crippen LogP contribution in [0.1, 0.15) is 29.7 Å². The molecule has 0 saturated heterocycles. The molecule has 0 saturated carbocycles. The van der Waals surface area contributed by atoms with Crippen molar-refractivity contribution >= 4 is 41.5 Å². The summed E-state index contributed by atoms with van der Waals surface area (Å²) in [6.07, 6.45) is 3.07. The van der Waals surface area contributed by atoms with Crippen LogP contribution in [0.15, 0.2) is 41.5 Å². The summed E-state index contributed by atoms with van der Waals surface area (Å²) >= 11 is 6.08. The van der Waals surface area contributed by atoms with Crippen LogP contribution in [-0.4, -0.2) is 35.6 Å². The van der Waals surface area contributed by atoms with Crippen LogP contribution in [-0.2, 0) is 20.0 Å². The lowest BCUT2D eigenvalue weighted by Crippen LogP contribution is -2.39. The normalized spacial score (nSPS) is 15.8. The average Bonchev–Trinajstić information content (AvgIpc) is 2.84. The number of benzene rings is 1. The summed E-state index contributed by atoms with van der Waals surface area (Å²) < 4.78 is 2.06. The van der Waals surface area contributed by atoms with Crippen LogP contribution >= 0.6 is 35.6 Å². The third-order valence-electron chi connectivity index (χ3n) is 4.59. The fraction of sp³-hybridized carbons (Fsp3) is 0.421. The minimum atomic E-state index is 0. The van der Waals surface area contributed by atoms with Crippen molar-refractivity contribution in [2.75, 3.05) is 20.1 Å². The van der Waals surface area contributed by atoms with Gasteiger partial charge in [-0.2, -0.15) is 0 Å². The summed E-state index contributed by atoms with van der Waals surface area (Å²) in [5.74, 6) is 1.49. The number of guanidine groups is 1. The van der Waals surface area contributed by atoms with E-state index in [1.165, 1.54) is 16.8 Å². The van der Waals surface area contributed by atoms with Crippen LogP contribution in [0, 0.1) is 0 Å². The molecule has 4 nitrogen and oxygen atoms in total. The molecule has 1 N–H and O–H groups in total. The highest BCUT2D eigenvalue weighted by molar-refractivity contribution is 14.0. The van der Waals surface area contributed by atoms with Crippen molar-refractivity contribution < 1.29 is 0 Å². The van der Waals surface area contributed by atoms with E-state index in [9.17, 15) is 0 Å². The zero-order valence-electron chi connectivity index (χ0n) is 15.0. The molecule has 1 unspecified atom stereocenters. The Morgan fingerprint density at radius 3 is 2.80 bits per heavy atom. The maximum atomic E-state index is 6.08. The maximum absolute atomic E-state index is 6.08. The Kier molecular flexibility index (Phi) is 7.19. The van der Waals surface area contributed by atoms with Crippen LogP contribution in [0.2, 0.25) is 5.02 Å². The number of nitrogens with one attached hydrogen (secondary N) is 1. The molecule has 1 aromatic heterocycles. The zero-order valence-corrected chi connectivity index (χ0v) is 18.1. The third kappa shape index (κ3) is 4.70. The number of hydrogen-bond donors (Lipinski definition) is 1. The minimum absolute atomic E-state index is 0. The second kappa shape index (κ2) is 8.94. The number of hydrogen-bond acceptors (Lipinski definition) is 1. The number of fused-ring (bicyclic) bond motifs is 1. The van der Waals surface area contributed by atoms with Gasteiger partial charge in [-0.1, -0.05) is 35.9 Å². The maximum Gasteiger partial charge on any atom is 0.194 e. The molecule has 1 aliphatic rings. The molecule has 0 fully saturated rings. The van der Waals surface area contributed by atoms with Gasteiger partial charge in [0.25, 0.3) is 0 Å². The third-order valence-corrected chi connectivity index (χ3v) is 4.80. The molecular weight excluding hydrogens is 447 g/mol. The van der Waals surface area contributed by atoms with Gasteiger partial charge in [-0.25, -0.2) is 0 Å². The first-order chi connectivity index (χ1) is 11.6. The fourth-order valence-electron chi connectivity index (χ4n) is 3.23. The van der Waals surface area contributed by atoms with Crippen molar-refractivity contribution in [3.05, 3.63) is 58.4 Å². The lowest BCUT2D eigenvalue weighted by molar-refractivity contribution is 0.459. The van der Waals surface area contributed by atoms with Gasteiger partial charge in [-0.3, -0.25) is 4.99 Å². The summed E-state index contributed by atoms with van der Waals surface area (Å²) in [5.41, 5.74) is 4.09. The SMILES string of the molecule is CCNC(=NCC1Cc2ccccc21)N(C)Cc1cc(Cl)cn1C.I. The van der Waals surface area contributed by atoms with Crippen molar-refractivity contribution in [3.8, 4) is 0 Å². The van der Waals surface area contributed by atoms with E-state index in [1.54, 1.807) is 0 Å². The van der Waals surface area contributed by atoms with Crippen molar-refractivity contribution in [1.29, 1.82) is 0 Å². The van der Waals surface area contributed by atoms with E-state index in [1.807, 2.05) is 19.3 Å². The second-order valence-corrected chi connectivity index (χ2v) is 6.85. The lowest BCUT2D eigenvalue weighted by atomic mass is 9.78. The molecule has 0 bridgehead atoms. The van der Waals surface area contributed by atoms with E-state index in [-0.39, 0.29) is 24.0 Å². The molecule has 1 aliphatic carbocycles. The number of rotatable bonds is 5. The summed E-state index contributed by atoms with van der Waals surface area (Å²) in [6, 6.07) is 10.7. The van der Waals surface area contributed by atoms with E-state index in [2.05, 4.69) is 53.0 Å². The second-order valence-electron chi connectivity index (χ2n) is 6.41. The van der Waals surface area contributed by atoms with Gasteiger partial charge < -0.3 is 14.8 Å². The molecule has 0 amide bonds. The quantitative estimate of drug-likeness (QED) is 0.405. The number of aromatic nitrogens is 1. The van der Waals surface area contributed by atoms with Gasteiger partial charge in [0.1, 0.15) is 0 Å². The van der Waals surface area contributed by atoms with Crippen LogP contribution in [0.5, 0.6) is 0 Å². The van der Waals surface area contributed by atoms with Gasteiger partial charge in [0, 0.05) is 45.0 Å². The first-order valence-electron chi connectivity index (χ1n) is 8.46. The van der Waals surface area contributed by atoms with Crippen molar-refractivity contribution in [2.24, 2.45) is 12.0 Å². The van der Waals surface area contributed by atoms with Gasteiger partial charge in [0.2, 0.25) is 0 Å². The summed E-state index contributed by atoms with van der Waals surface area (Å²) in [6.45, 7) is 4.56. The average molecular weight is 473 g/mol. The molecule has 2 aromatic rings. The molecular formula is C19H26ClIN4. The highest BCUT2D eigenvalue weighted by Crippen LogP contribution is 2.34. The first kappa shape index (κ1) is 20.1. The molecule has 25 heavy (non-hydrogen) atoms. The summed E-state index contributed by atoms with van der Waals surface area (Å²) in [4.78, 5) is 7.01. The molecule has 0 aliphatic heterocycles. The molecule has 1 atom stereocenters. The van der Waals surface area contributed by atoms with E-state index in [4.69, 9.17) is 16.6 Å². The predicted molar refractivity (Wildman–Crippen MR) is 116 cm³/mol. The monoisotopic (exact) mass is 472 g/mol. The van der Waals surface area contributed by atoms with Crippen molar-refractivity contribution in [2.45, 2.75) is 25.8 Å². The Bertz CT molecular complexity index is 741. The number of aryl methyl sites for hydroxylation is 1. The molecule has 1 heterocycles. The predicted octanol–water partition coefficient (Wildman–Crippen LogP) is 4.03. The highest BCUT2D eigenvalue weighted by Gasteiger charge is 2.25. The van der Waals surface area contributed by atoms with Gasteiger partial charge in [0.05, 0.1) is 11.6 Å². The van der Waals surface area contributed by atoms with E-state index in [0.717, 1.165) is 37.0 Å². The first-order valence-corrected chi connectivity index (χ1v) is 8.84. The number of aliphatic imine (C=N–C) groups is 1.